The van der Waals surface area contributed by atoms with Gasteiger partial charge in [-0.25, -0.2) is 14.4 Å². The summed E-state index contributed by atoms with van der Waals surface area (Å²) in [6, 6.07) is 8.11. The average molecular weight is 458 g/mol. The maximum atomic E-state index is 13.5. The van der Waals surface area contributed by atoms with Crippen molar-refractivity contribution < 1.29 is 13.9 Å². The maximum Gasteiger partial charge on any atom is 0.237 e. The number of rotatable bonds is 7. The lowest BCUT2D eigenvalue weighted by Gasteiger charge is -2.24. The fraction of sp³-hybridized carbons (Fsp3) is 0.348. The summed E-state index contributed by atoms with van der Waals surface area (Å²) in [5.74, 6) is 0.851. The molecule has 9 heteroatoms. The van der Waals surface area contributed by atoms with E-state index in [1.165, 1.54) is 18.5 Å². The Morgan fingerprint density at radius 3 is 2.91 bits per heavy atom. The van der Waals surface area contributed by atoms with Gasteiger partial charge >= 0.3 is 0 Å². The van der Waals surface area contributed by atoms with Gasteiger partial charge in [-0.15, -0.1) is 0 Å². The summed E-state index contributed by atoms with van der Waals surface area (Å²) in [5.41, 5.74) is 2.26. The topological polar surface area (TPSA) is 79.4 Å². The zero-order valence-corrected chi connectivity index (χ0v) is 18.7. The summed E-state index contributed by atoms with van der Waals surface area (Å²) in [4.78, 5) is 23.4. The van der Waals surface area contributed by atoms with E-state index in [1.54, 1.807) is 13.2 Å². The molecule has 1 amide bonds. The molecule has 1 aromatic heterocycles. The lowest BCUT2D eigenvalue weighted by molar-refractivity contribution is -0.125. The number of benzene rings is 2. The van der Waals surface area contributed by atoms with Crippen molar-refractivity contribution in [2.75, 3.05) is 25.5 Å². The number of likely N-dealkylation sites (tertiary alicyclic amines) is 1. The van der Waals surface area contributed by atoms with E-state index >= 15 is 0 Å². The number of hydrogen-bond donors (Lipinski definition) is 2. The first-order valence-corrected chi connectivity index (χ1v) is 10.9. The van der Waals surface area contributed by atoms with Crippen LogP contribution in [0.3, 0.4) is 0 Å². The van der Waals surface area contributed by atoms with Crippen LogP contribution in [0.5, 0.6) is 5.75 Å². The van der Waals surface area contributed by atoms with Gasteiger partial charge in [0.05, 0.1) is 23.7 Å². The van der Waals surface area contributed by atoms with Gasteiger partial charge in [0.25, 0.3) is 0 Å². The van der Waals surface area contributed by atoms with Crippen LogP contribution in [0.1, 0.15) is 25.3 Å². The minimum absolute atomic E-state index is 0.0288. The fourth-order valence-corrected chi connectivity index (χ4v) is 4.26. The molecule has 2 N–H and O–H groups in total. The monoisotopic (exact) mass is 457 g/mol. The second-order valence-electron chi connectivity index (χ2n) is 7.68. The summed E-state index contributed by atoms with van der Waals surface area (Å²) in [7, 11) is 1.62. The average Bonchev–Trinajstić information content (AvgIpc) is 3.25. The molecule has 0 unspecified atom stereocenters. The predicted molar refractivity (Wildman–Crippen MR) is 123 cm³/mol. The maximum absolute atomic E-state index is 13.5. The van der Waals surface area contributed by atoms with Crippen LogP contribution in [-0.4, -0.2) is 47.0 Å². The second kappa shape index (κ2) is 9.67. The molecular weight excluding hydrogens is 433 g/mol. The Hall–Kier alpha value is -2.97. The Kier molecular flexibility index (Phi) is 6.72. The van der Waals surface area contributed by atoms with Crippen LogP contribution in [0, 0.1) is 5.82 Å². The van der Waals surface area contributed by atoms with E-state index < -0.39 is 5.82 Å². The number of aromatic nitrogens is 2. The molecular formula is C23H25ClFN5O2. The summed E-state index contributed by atoms with van der Waals surface area (Å²) in [6.07, 6.45) is 3.27. The van der Waals surface area contributed by atoms with E-state index in [4.69, 9.17) is 16.3 Å². The van der Waals surface area contributed by atoms with Crippen molar-refractivity contribution in [1.29, 1.82) is 0 Å². The fourth-order valence-electron chi connectivity index (χ4n) is 4.08. The molecule has 168 valence electrons. The number of ether oxygens (including phenoxy) is 1. The van der Waals surface area contributed by atoms with Gasteiger partial charge < -0.3 is 15.4 Å². The normalized spacial score (nSPS) is 16.3. The van der Waals surface area contributed by atoms with Gasteiger partial charge in [-0.1, -0.05) is 11.6 Å². The molecule has 0 saturated carbocycles. The van der Waals surface area contributed by atoms with Gasteiger partial charge in [-0.2, -0.15) is 0 Å². The van der Waals surface area contributed by atoms with E-state index in [1.807, 2.05) is 19.1 Å². The highest BCUT2D eigenvalue weighted by Crippen LogP contribution is 2.32. The molecule has 1 aliphatic rings. The first-order valence-electron chi connectivity index (χ1n) is 10.6. The van der Waals surface area contributed by atoms with Crippen LogP contribution in [-0.2, 0) is 11.3 Å². The molecule has 3 aromatic rings. The van der Waals surface area contributed by atoms with Crippen molar-refractivity contribution in [2.24, 2.45) is 0 Å². The molecule has 0 radical (unpaired) electrons. The van der Waals surface area contributed by atoms with Crippen LogP contribution in [0.2, 0.25) is 5.02 Å². The number of amides is 1. The summed E-state index contributed by atoms with van der Waals surface area (Å²) in [5, 5.41) is 6.94. The van der Waals surface area contributed by atoms with E-state index in [9.17, 15) is 9.18 Å². The summed E-state index contributed by atoms with van der Waals surface area (Å²) >= 11 is 5.92. The third kappa shape index (κ3) is 4.61. The molecule has 0 spiro atoms. The molecule has 7 nitrogen and oxygen atoms in total. The first-order chi connectivity index (χ1) is 15.5. The third-order valence-electron chi connectivity index (χ3n) is 5.61. The molecule has 2 aromatic carbocycles. The molecule has 1 saturated heterocycles. The smallest absolute Gasteiger partial charge is 0.237 e. The Morgan fingerprint density at radius 1 is 1.31 bits per heavy atom. The number of anilines is 2. The van der Waals surface area contributed by atoms with Crippen molar-refractivity contribution >= 4 is 39.9 Å². The zero-order chi connectivity index (χ0) is 22.7. The highest BCUT2D eigenvalue weighted by Gasteiger charge is 2.31. The standard InChI is InChI=1S/C23H25ClFN5O2/c1-3-26-23(31)20-5-4-8-30(20)12-14-9-16-19(11-21(14)32-2)27-13-28-22(16)29-15-6-7-18(25)17(24)10-15/h6-7,9-11,13,20H,3-5,8,12H2,1-2H3,(H,26,31)(H,27,28,29)/t20-/m1/s1. The Bertz CT molecular complexity index is 1140. The number of carbonyl (C=O) groups excluding carboxylic acids is 1. The highest BCUT2D eigenvalue weighted by molar-refractivity contribution is 6.31. The van der Waals surface area contributed by atoms with Crippen molar-refractivity contribution in [3.63, 3.8) is 0 Å². The largest absolute Gasteiger partial charge is 0.496 e. The van der Waals surface area contributed by atoms with Crippen molar-refractivity contribution in [3.05, 3.63) is 53.1 Å². The number of fused-ring (bicyclic) bond motifs is 1. The van der Waals surface area contributed by atoms with Crippen LogP contribution in [0.4, 0.5) is 15.9 Å². The van der Waals surface area contributed by atoms with Gasteiger partial charge in [0.15, 0.2) is 0 Å². The lowest BCUT2D eigenvalue weighted by atomic mass is 10.1. The second-order valence-corrected chi connectivity index (χ2v) is 8.09. The number of methoxy groups -OCH3 is 1. The zero-order valence-electron chi connectivity index (χ0n) is 18.0. The van der Waals surface area contributed by atoms with Crippen molar-refractivity contribution in [3.8, 4) is 5.75 Å². The van der Waals surface area contributed by atoms with E-state index in [-0.39, 0.29) is 17.0 Å². The number of carbonyl (C=O) groups is 1. The number of nitrogens with zero attached hydrogens (tertiary/aromatic N) is 3. The van der Waals surface area contributed by atoms with Crippen LogP contribution in [0.25, 0.3) is 10.9 Å². The molecule has 1 atom stereocenters. The predicted octanol–water partition coefficient (Wildman–Crippen LogP) is 4.28. The minimum atomic E-state index is -0.482. The van der Waals surface area contributed by atoms with Gasteiger partial charge in [-0.3, -0.25) is 9.69 Å². The number of nitrogens with one attached hydrogen (secondary N) is 2. The number of likely N-dealkylation sites (N-methyl/N-ethyl adjacent to an activating group) is 1. The highest BCUT2D eigenvalue weighted by atomic mass is 35.5. The van der Waals surface area contributed by atoms with Gasteiger partial charge in [-0.05, 0) is 50.6 Å². The van der Waals surface area contributed by atoms with Crippen LogP contribution < -0.4 is 15.4 Å². The Balaban J connectivity index is 1.67. The molecule has 4 rings (SSSR count). The molecule has 0 aliphatic carbocycles. The SMILES string of the molecule is CCNC(=O)[C@H]1CCCN1Cc1cc2c(Nc3ccc(F)c(Cl)c3)ncnc2cc1OC. The Morgan fingerprint density at radius 2 is 2.16 bits per heavy atom. The van der Waals surface area contributed by atoms with Gasteiger partial charge in [0, 0.05) is 35.8 Å². The molecule has 32 heavy (non-hydrogen) atoms. The first kappa shape index (κ1) is 22.2. The summed E-state index contributed by atoms with van der Waals surface area (Å²) < 4.78 is 19.2. The third-order valence-corrected chi connectivity index (χ3v) is 5.90. The van der Waals surface area contributed by atoms with Gasteiger partial charge in [0.2, 0.25) is 5.91 Å². The lowest BCUT2D eigenvalue weighted by Crippen LogP contribution is -2.42. The quantitative estimate of drug-likeness (QED) is 0.551. The molecule has 1 fully saturated rings. The van der Waals surface area contributed by atoms with Crippen molar-refractivity contribution in [1.82, 2.24) is 20.2 Å². The minimum Gasteiger partial charge on any atom is -0.496 e. The number of hydrogen-bond acceptors (Lipinski definition) is 6. The van der Waals surface area contributed by atoms with Gasteiger partial charge in [0.1, 0.15) is 23.7 Å². The van der Waals surface area contributed by atoms with E-state index in [0.717, 1.165) is 30.3 Å². The van der Waals surface area contributed by atoms with Crippen LogP contribution >= 0.6 is 11.6 Å². The molecule has 1 aliphatic heterocycles. The Labute approximate surface area is 190 Å². The molecule has 0 bridgehead atoms. The van der Waals surface area contributed by atoms with Crippen LogP contribution in [0.15, 0.2) is 36.7 Å². The van der Waals surface area contributed by atoms with Crippen molar-refractivity contribution in [2.45, 2.75) is 32.4 Å². The van der Waals surface area contributed by atoms with E-state index in [2.05, 4.69) is 25.5 Å². The van der Waals surface area contributed by atoms with E-state index in [0.29, 0.717) is 35.9 Å². The number of halogens is 2. The molecule has 2 heterocycles. The summed E-state index contributed by atoms with van der Waals surface area (Å²) in [6.45, 7) is 3.94.